The van der Waals surface area contributed by atoms with Crippen molar-refractivity contribution in [2.75, 3.05) is 0 Å². The van der Waals surface area contributed by atoms with E-state index in [1.807, 2.05) is 0 Å². The van der Waals surface area contributed by atoms with Crippen LogP contribution in [0.2, 0.25) is 0 Å². The number of imide groups is 1. The normalized spacial score (nSPS) is 17.4. The lowest BCUT2D eigenvalue weighted by Crippen LogP contribution is -2.17. The molecule has 0 atom stereocenters. The van der Waals surface area contributed by atoms with Crippen LogP contribution in [-0.4, -0.2) is 26.1 Å². The summed E-state index contributed by atoms with van der Waals surface area (Å²) in [5, 5.41) is 1.82. The lowest BCUT2D eigenvalue weighted by molar-refractivity contribution is -0.115. The second-order valence-corrected chi connectivity index (χ2v) is 4.50. The minimum atomic E-state index is -0.397. The minimum Gasteiger partial charge on any atom is -0.282 e. The van der Waals surface area contributed by atoms with Crippen LogP contribution in [0.25, 0.3) is 17.2 Å². The van der Waals surface area contributed by atoms with Gasteiger partial charge in [0.15, 0.2) is 5.65 Å². The molecule has 18 heavy (non-hydrogen) atoms. The highest BCUT2D eigenvalue weighted by atomic mass is 32.2. The van der Waals surface area contributed by atoms with Gasteiger partial charge in [-0.15, -0.1) is 0 Å². The number of hydrogen-bond acceptors (Lipinski definition) is 6. The first kappa shape index (κ1) is 10.8. The maximum atomic E-state index is 11.4. The first-order valence-electron chi connectivity index (χ1n) is 5.05. The molecule has 0 saturated carbocycles. The van der Waals surface area contributed by atoms with E-state index in [1.165, 1.54) is 0 Å². The molecule has 0 aromatic carbocycles. The Bertz CT molecular complexity index is 698. The van der Waals surface area contributed by atoms with Crippen LogP contribution in [0.4, 0.5) is 4.79 Å². The van der Waals surface area contributed by atoms with E-state index < -0.39 is 5.91 Å². The van der Waals surface area contributed by atoms with E-state index in [1.54, 1.807) is 30.6 Å². The van der Waals surface area contributed by atoms with E-state index in [9.17, 15) is 9.59 Å². The summed E-state index contributed by atoms with van der Waals surface area (Å²) in [5.74, 6) is -0.397. The maximum absolute atomic E-state index is 11.4. The Labute approximate surface area is 106 Å². The van der Waals surface area contributed by atoms with Gasteiger partial charge in [0.2, 0.25) is 0 Å². The van der Waals surface area contributed by atoms with E-state index in [2.05, 4.69) is 20.3 Å². The number of aromatic nitrogens is 3. The molecule has 2 aromatic rings. The molecule has 1 aliphatic heterocycles. The van der Waals surface area contributed by atoms with Gasteiger partial charge in [-0.2, -0.15) is 0 Å². The van der Waals surface area contributed by atoms with Crippen LogP contribution in [0.5, 0.6) is 0 Å². The summed E-state index contributed by atoms with van der Waals surface area (Å²) in [6, 6.07) is 3.49. The van der Waals surface area contributed by atoms with Gasteiger partial charge < -0.3 is 0 Å². The topological polar surface area (TPSA) is 84.8 Å². The average molecular weight is 258 g/mol. The molecular weight excluding hydrogens is 252 g/mol. The molecule has 0 aliphatic carbocycles. The van der Waals surface area contributed by atoms with Crippen LogP contribution in [0, 0.1) is 0 Å². The molecule has 2 amide bonds. The minimum absolute atomic E-state index is 0.329. The molecule has 0 spiro atoms. The molecule has 0 bridgehead atoms. The summed E-state index contributed by atoms with van der Waals surface area (Å²) in [6.45, 7) is 0. The Balaban J connectivity index is 2.02. The van der Waals surface area contributed by atoms with Crippen molar-refractivity contribution in [2.24, 2.45) is 0 Å². The van der Waals surface area contributed by atoms with Crippen molar-refractivity contribution < 1.29 is 9.59 Å². The summed E-state index contributed by atoms with van der Waals surface area (Å²) in [5.41, 5.74) is 1.75. The third kappa shape index (κ3) is 1.95. The highest BCUT2D eigenvalue weighted by Gasteiger charge is 2.25. The summed E-state index contributed by atoms with van der Waals surface area (Å²) >= 11 is 0.859. The number of fused-ring (bicyclic) bond motifs is 1. The first-order valence-corrected chi connectivity index (χ1v) is 5.87. The molecule has 1 aliphatic rings. The molecule has 2 aromatic heterocycles. The summed E-state index contributed by atoms with van der Waals surface area (Å²) in [4.78, 5) is 35.1. The summed E-state index contributed by atoms with van der Waals surface area (Å²) in [7, 11) is 0. The standard InChI is InChI=1S/C11H6N4O2S/c16-10-8(18-11(17)15-10)5-6-1-2-7-9(14-6)13-4-3-12-7/h1-5H,(H,15,16,17). The molecule has 3 heterocycles. The lowest BCUT2D eigenvalue weighted by Gasteiger charge is -1.97. The number of nitrogens with zero attached hydrogens (tertiary/aromatic N) is 3. The smallest absolute Gasteiger partial charge is 0.282 e. The summed E-state index contributed by atoms with van der Waals surface area (Å²) in [6.07, 6.45) is 4.69. The Morgan fingerprint density at radius 3 is 2.78 bits per heavy atom. The van der Waals surface area contributed by atoms with Gasteiger partial charge in [-0.1, -0.05) is 0 Å². The molecule has 1 saturated heterocycles. The SMILES string of the molecule is O=C1NC(=O)C(=Cc2ccc3nccnc3n2)S1. The molecule has 88 valence electrons. The maximum Gasteiger partial charge on any atom is 0.290 e. The van der Waals surface area contributed by atoms with Gasteiger partial charge in [0, 0.05) is 12.4 Å². The van der Waals surface area contributed by atoms with Crippen LogP contribution in [0.15, 0.2) is 29.4 Å². The van der Waals surface area contributed by atoms with Crippen molar-refractivity contribution in [1.82, 2.24) is 20.3 Å². The predicted molar refractivity (Wildman–Crippen MR) is 66.4 cm³/mol. The zero-order valence-electron chi connectivity index (χ0n) is 8.95. The Kier molecular flexibility index (Phi) is 2.52. The number of amides is 2. The fourth-order valence-electron chi connectivity index (χ4n) is 1.50. The second kappa shape index (κ2) is 4.19. The van der Waals surface area contributed by atoms with Crippen LogP contribution < -0.4 is 5.32 Å². The van der Waals surface area contributed by atoms with Gasteiger partial charge in [0.05, 0.1) is 10.6 Å². The fourth-order valence-corrected chi connectivity index (χ4v) is 2.17. The third-order valence-electron chi connectivity index (χ3n) is 2.27. The van der Waals surface area contributed by atoms with E-state index >= 15 is 0 Å². The fraction of sp³-hybridized carbons (Fsp3) is 0. The number of thioether (sulfide) groups is 1. The van der Waals surface area contributed by atoms with Gasteiger partial charge in [-0.3, -0.25) is 19.9 Å². The molecule has 1 N–H and O–H groups in total. The molecule has 6 nitrogen and oxygen atoms in total. The molecule has 3 rings (SSSR count). The van der Waals surface area contributed by atoms with E-state index in [4.69, 9.17) is 0 Å². The Morgan fingerprint density at radius 2 is 2.00 bits per heavy atom. The average Bonchev–Trinajstić information content (AvgIpc) is 2.68. The third-order valence-corrected chi connectivity index (χ3v) is 3.08. The van der Waals surface area contributed by atoms with Crippen LogP contribution >= 0.6 is 11.8 Å². The van der Waals surface area contributed by atoms with E-state index in [0.29, 0.717) is 21.8 Å². The summed E-state index contributed by atoms with van der Waals surface area (Å²) < 4.78 is 0. The lowest BCUT2D eigenvalue weighted by atomic mass is 10.3. The number of pyridine rings is 1. The zero-order chi connectivity index (χ0) is 12.5. The number of rotatable bonds is 1. The van der Waals surface area contributed by atoms with E-state index in [-0.39, 0.29) is 5.24 Å². The molecule has 0 radical (unpaired) electrons. The zero-order valence-corrected chi connectivity index (χ0v) is 9.77. The quantitative estimate of drug-likeness (QED) is 0.777. The number of nitrogens with one attached hydrogen (secondary N) is 1. The van der Waals surface area contributed by atoms with Gasteiger partial charge >= 0.3 is 0 Å². The van der Waals surface area contributed by atoms with Crippen LogP contribution in [0.1, 0.15) is 5.69 Å². The van der Waals surface area contributed by atoms with Gasteiger partial charge in [-0.05, 0) is 30.0 Å². The van der Waals surface area contributed by atoms with Crippen LogP contribution in [-0.2, 0) is 4.79 Å². The second-order valence-electron chi connectivity index (χ2n) is 3.49. The van der Waals surface area contributed by atoms with Crippen molar-refractivity contribution in [3.8, 4) is 0 Å². The van der Waals surface area contributed by atoms with Crippen molar-refractivity contribution >= 4 is 40.1 Å². The predicted octanol–water partition coefficient (Wildman–Crippen LogP) is 1.35. The van der Waals surface area contributed by atoms with Crippen molar-refractivity contribution in [2.45, 2.75) is 0 Å². The monoisotopic (exact) mass is 258 g/mol. The van der Waals surface area contributed by atoms with Crippen molar-refractivity contribution in [1.29, 1.82) is 0 Å². The van der Waals surface area contributed by atoms with Gasteiger partial charge in [0.25, 0.3) is 11.1 Å². The highest BCUT2D eigenvalue weighted by Crippen LogP contribution is 2.25. The number of carbonyl (C=O) groups excluding carboxylic acids is 2. The molecule has 7 heteroatoms. The number of hydrogen-bond donors (Lipinski definition) is 1. The Morgan fingerprint density at radius 1 is 1.17 bits per heavy atom. The molecule has 1 fully saturated rings. The van der Waals surface area contributed by atoms with Gasteiger partial charge in [0.1, 0.15) is 5.52 Å². The number of carbonyl (C=O) groups is 2. The Hall–Kier alpha value is -2.28. The van der Waals surface area contributed by atoms with Crippen molar-refractivity contribution in [3.05, 3.63) is 35.1 Å². The first-order chi connectivity index (χ1) is 8.72. The molecule has 0 unspecified atom stereocenters. The van der Waals surface area contributed by atoms with Crippen LogP contribution in [0.3, 0.4) is 0 Å². The highest BCUT2D eigenvalue weighted by molar-refractivity contribution is 8.18. The van der Waals surface area contributed by atoms with E-state index in [0.717, 1.165) is 11.8 Å². The van der Waals surface area contributed by atoms with Crippen molar-refractivity contribution in [3.63, 3.8) is 0 Å². The van der Waals surface area contributed by atoms with Gasteiger partial charge in [-0.25, -0.2) is 9.97 Å². The molecular formula is C11H6N4O2S. The largest absolute Gasteiger partial charge is 0.290 e.